The van der Waals surface area contributed by atoms with Crippen LogP contribution in [0.1, 0.15) is 30.4 Å². The summed E-state index contributed by atoms with van der Waals surface area (Å²) in [6.45, 7) is 3.84. The molecule has 1 fully saturated rings. The molecule has 2 amide bonds. The van der Waals surface area contributed by atoms with Gasteiger partial charge in [-0.2, -0.15) is 0 Å². The first-order chi connectivity index (χ1) is 11.5. The summed E-state index contributed by atoms with van der Waals surface area (Å²) in [5.74, 6) is -0.696. The zero-order valence-electron chi connectivity index (χ0n) is 14.0. The van der Waals surface area contributed by atoms with E-state index in [1.807, 2.05) is 44.2 Å². The van der Waals surface area contributed by atoms with Crippen molar-refractivity contribution in [2.24, 2.45) is 11.8 Å². The Labute approximate surface area is 141 Å². The molecule has 2 atom stereocenters. The normalized spacial score (nSPS) is 22.7. The average Bonchev–Trinajstić information content (AvgIpc) is 2.81. The minimum atomic E-state index is -0.430. The molecule has 0 radical (unpaired) electrons. The molecule has 24 heavy (non-hydrogen) atoms. The summed E-state index contributed by atoms with van der Waals surface area (Å²) < 4.78 is 5.42. The molecule has 5 nitrogen and oxygen atoms in total. The molecule has 1 saturated heterocycles. The molecule has 1 aliphatic heterocycles. The van der Waals surface area contributed by atoms with Crippen molar-refractivity contribution in [2.45, 2.75) is 33.1 Å². The van der Waals surface area contributed by atoms with Crippen LogP contribution in [0.4, 0.5) is 0 Å². The quantitative estimate of drug-likeness (QED) is 0.369. The lowest BCUT2D eigenvalue weighted by Crippen LogP contribution is -2.33. The summed E-state index contributed by atoms with van der Waals surface area (Å²) in [5, 5.41) is 0. The van der Waals surface area contributed by atoms with Crippen LogP contribution in [0.2, 0.25) is 0 Å². The van der Waals surface area contributed by atoms with Crippen molar-refractivity contribution in [1.29, 1.82) is 0 Å². The number of rotatable bonds is 4. The fourth-order valence-electron chi connectivity index (χ4n) is 3.42. The molecule has 1 aromatic rings. The number of carbonyl (C=O) groups is 3. The molecule has 0 aromatic heterocycles. The van der Waals surface area contributed by atoms with E-state index in [0.29, 0.717) is 18.6 Å². The lowest BCUT2D eigenvalue weighted by molar-refractivity contribution is -0.141. The van der Waals surface area contributed by atoms with Crippen molar-refractivity contribution in [1.82, 2.24) is 4.90 Å². The van der Waals surface area contributed by atoms with E-state index in [1.54, 1.807) is 0 Å². The number of fused-ring (bicyclic) bond motifs is 1. The number of ether oxygens (including phenoxy) is 1. The van der Waals surface area contributed by atoms with Gasteiger partial charge in [0.15, 0.2) is 0 Å². The van der Waals surface area contributed by atoms with Crippen LogP contribution in [0, 0.1) is 25.7 Å². The number of benzene rings is 1. The Kier molecular flexibility index (Phi) is 4.51. The molecule has 0 bridgehead atoms. The number of likely N-dealkylation sites (tertiary alicyclic amines) is 1. The highest BCUT2D eigenvalue weighted by Crippen LogP contribution is 2.35. The fraction of sp³-hybridized carbons (Fsp3) is 0.421. The maximum atomic E-state index is 12.3. The van der Waals surface area contributed by atoms with Crippen molar-refractivity contribution >= 4 is 17.8 Å². The molecular formula is C19H21NO4. The van der Waals surface area contributed by atoms with Crippen LogP contribution in [-0.4, -0.2) is 29.2 Å². The van der Waals surface area contributed by atoms with Crippen LogP contribution in [0.3, 0.4) is 0 Å². The topological polar surface area (TPSA) is 63.7 Å². The highest BCUT2D eigenvalue weighted by molar-refractivity contribution is 6.05. The summed E-state index contributed by atoms with van der Waals surface area (Å²) in [7, 11) is 0. The van der Waals surface area contributed by atoms with Crippen LogP contribution in [-0.2, 0) is 14.4 Å². The number of nitrogens with zero attached hydrogens (tertiary/aromatic N) is 1. The second kappa shape index (κ2) is 6.59. The SMILES string of the molecule is Cc1cccc(C)c1OC(=O)CCN1C(=O)[C@H]2CC=CC[C@@H]2C1=O. The molecule has 5 heteroatoms. The molecule has 2 aliphatic rings. The van der Waals surface area contributed by atoms with Gasteiger partial charge in [0.1, 0.15) is 5.75 Å². The molecule has 0 spiro atoms. The summed E-state index contributed by atoms with van der Waals surface area (Å²) in [6.07, 6.45) is 5.13. The first-order valence-electron chi connectivity index (χ1n) is 8.26. The summed E-state index contributed by atoms with van der Waals surface area (Å²) >= 11 is 0. The van der Waals surface area contributed by atoms with E-state index < -0.39 is 5.97 Å². The van der Waals surface area contributed by atoms with Gasteiger partial charge in [0, 0.05) is 6.54 Å². The number of esters is 1. The van der Waals surface area contributed by atoms with Gasteiger partial charge in [0.25, 0.3) is 0 Å². The molecule has 0 saturated carbocycles. The van der Waals surface area contributed by atoms with Crippen LogP contribution in [0.25, 0.3) is 0 Å². The fourth-order valence-corrected chi connectivity index (χ4v) is 3.42. The molecule has 3 rings (SSSR count). The van der Waals surface area contributed by atoms with E-state index in [1.165, 1.54) is 4.90 Å². The number of hydrogen-bond acceptors (Lipinski definition) is 4. The number of imide groups is 1. The van der Waals surface area contributed by atoms with Crippen molar-refractivity contribution in [3.05, 3.63) is 41.5 Å². The van der Waals surface area contributed by atoms with Crippen LogP contribution >= 0.6 is 0 Å². The maximum Gasteiger partial charge on any atom is 0.313 e. The average molecular weight is 327 g/mol. The Morgan fingerprint density at radius 2 is 1.62 bits per heavy atom. The van der Waals surface area contributed by atoms with Gasteiger partial charge in [-0.1, -0.05) is 30.4 Å². The van der Waals surface area contributed by atoms with E-state index in [4.69, 9.17) is 4.74 Å². The van der Waals surface area contributed by atoms with E-state index in [2.05, 4.69) is 0 Å². The number of aryl methyl sites for hydroxylation is 2. The lowest BCUT2D eigenvalue weighted by atomic mass is 9.85. The third-order valence-corrected chi connectivity index (χ3v) is 4.76. The Balaban J connectivity index is 1.61. The second-order valence-corrected chi connectivity index (χ2v) is 6.43. The Morgan fingerprint density at radius 3 is 2.17 bits per heavy atom. The first kappa shape index (κ1) is 16.4. The number of hydrogen-bond donors (Lipinski definition) is 0. The summed E-state index contributed by atoms with van der Waals surface area (Å²) in [4.78, 5) is 38.0. The molecule has 1 heterocycles. The summed E-state index contributed by atoms with van der Waals surface area (Å²) in [5.41, 5.74) is 1.77. The van der Waals surface area contributed by atoms with Gasteiger partial charge in [-0.15, -0.1) is 0 Å². The molecule has 1 aromatic carbocycles. The van der Waals surface area contributed by atoms with E-state index in [-0.39, 0.29) is 36.6 Å². The Hall–Kier alpha value is -2.43. The molecule has 0 unspecified atom stereocenters. The molecule has 126 valence electrons. The predicted octanol–water partition coefficient (Wildman–Crippen LogP) is 2.55. The van der Waals surface area contributed by atoms with Gasteiger partial charge in [-0.05, 0) is 37.8 Å². The zero-order valence-corrected chi connectivity index (χ0v) is 14.0. The van der Waals surface area contributed by atoms with Gasteiger partial charge < -0.3 is 4.74 Å². The minimum absolute atomic E-state index is 0.0120. The van der Waals surface area contributed by atoms with E-state index in [9.17, 15) is 14.4 Å². The van der Waals surface area contributed by atoms with Gasteiger partial charge >= 0.3 is 5.97 Å². The highest BCUT2D eigenvalue weighted by Gasteiger charge is 2.46. The third kappa shape index (κ3) is 2.98. The van der Waals surface area contributed by atoms with Gasteiger partial charge in [-0.25, -0.2) is 0 Å². The van der Waals surface area contributed by atoms with Gasteiger partial charge in [0.2, 0.25) is 11.8 Å². The van der Waals surface area contributed by atoms with Crippen molar-refractivity contribution in [3.63, 3.8) is 0 Å². The van der Waals surface area contributed by atoms with Crippen molar-refractivity contribution in [2.75, 3.05) is 6.54 Å². The van der Waals surface area contributed by atoms with Gasteiger partial charge in [-0.3, -0.25) is 19.3 Å². The number of carbonyl (C=O) groups excluding carboxylic acids is 3. The maximum absolute atomic E-state index is 12.3. The first-order valence-corrected chi connectivity index (χ1v) is 8.26. The van der Waals surface area contributed by atoms with Crippen molar-refractivity contribution < 1.29 is 19.1 Å². The predicted molar refractivity (Wildman–Crippen MR) is 88.2 cm³/mol. The van der Waals surface area contributed by atoms with E-state index >= 15 is 0 Å². The van der Waals surface area contributed by atoms with E-state index in [0.717, 1.165) is 11.1 Å². The van der Waals surface area contributed by atoms with Crippen molar-refractivity contribution in [3.8, 4) is 5.75 Å². The Morgan fingerprint density at radius 1 is 1.08 bits per heavy atom. The van der Waals surface area contributed by atoms with Gasteiger partial charge in [0.05, 0.1) is 18.3 Å². The van der Waals surface area contributed by atoms with Crippen LogP contribution < -0.4 is 4.74 Å². The third-order valence-electron chi connectivity index (χ3n) is 4.76. The number of para-hydroxylation sites is 1. The highest BCUT2D eigenvalue weighted by atomic mass is 16.5. The van der Waals surface area contributed by atoms with Crippen LogP contribution in [0.5, 0.6) is 5.75 Å². The standard InChI is InChI=1S/C19H21NO4/c1-12-6-5-7-13(2)17(12)24-16(21)10-11-20-18(22)14-8-3-4-9-15(14)19(20)23/h3-7,14-15H,8-11H2,1-2H3/t14-,15-/m0/s1. The largest absolute Gasteiger partial charge is 0.426 e. The lowest BCUT2D eigenvalue weighted by Gasteiger charge is -2.15. The molecule has 1 aliphatic carbocycles. The minimum Gasteiger partial charge on any atom is -0.426 e. The summed E-state index contributed by atoms with van der Waals surface area (Å²) in [6, 6.07) is 5.65. The smallest absolute Gasteiger partial charge is 0.313 e. The molecular weight excluding hydrogens is 306 g/mol. The Bertz CT molecular complexity index is 676. The number of allylic oxidation sites excluding steroid dienone is 2. The molecule has 0 N–H and O–H groups in total. The number of amides is 2. The van der Waals surface area contributed by atoms with Crippen LogP contribution in [0.15, 0.2) is 30.4 Å². The second-order valence-electron chi connectivity index (χ2n) is 6.43. The zero-order chi connectivity index (χ0) is 17.3. The monoisotopic (exact) mass is 327 g/mol.